The molecule has 0 bridgehead atoms. The Bertz CT molecular complexity index is 1450. The van der Waals surface area contributed by atoms with Crippen LogP contribution < -0.4 is 10.9 Å². The molecule has 0 radical (unpaired) electrons. The molecule has 1 aromatic heterocycles. The summed E-state index contributed by atoms with van der Waals surface area (Å²) in [5.41, 5.74) is 2.74. The molecule has 0 spiro atoms. The number of aromatic nitrogens is 2. The lowest BCUT2D eigenvalue weighted by Crippen LogP contribution is -2.51. The van der Waals surface area contributed by atoms with E-state index in [0.29, 0.717) is 0 Å². The first-order valence-electron chi connectivity index (χ1n) is 13.2. The fourth-order valence-electron chi connectivity index (χ4n) is 4.86. The lowest BCUT2D eigenvalue weighted by molar-refractivity contribution is -0.130. The molecule has 1 aliphatic carbocycles. The molecule has 3 aromatic rings. The smallest absolute Gasteiger partial charge is 0.293 e. The minimum atomic E-state index is -2.79. The minimum Gasteiger partial charge on any atom is -0.502 e. The monoisotopic (exact) mass is 548 g/mol. The molecule has 1 unspecified atom stereocenters. The SMILES string of the molecule is O=C(NC1CC(F)(F)C1)C(Cc1ccc(C#Cc2ccc(CN3CCOCC3)cc2)cc1)c1nc[nH]c(=O)c1O. The second kappa shape index (κ2) is 12.0. The fourth-order valence-corrected chi connectivity index (χ4v) is 4.86. The molecule has 10 heteroatoms. The summed E-state index contributed by atoms with van der Waals surface area (Å²) < 4.78 is 31.9. The van der Waals surface area contributed by atoms with E-state index in [9.17, 15) is 23.5 Å². The molecule has 208 valence electrons. The van der Waals surface area contributed by atoms with Gasteiger partial charge in [0.2, 0.25) is 11.7 Å². The number of amides is 1. The zero-order chi connectivity index (χ0) is 28.1. The number of carbonyl (C=O) groups excluding carboxylic acids is 1. The number of hydrogen-bond donors (Lipinski definition) is 3. The molecule has 5 rings (SSSR count). The van der Waals surface area contributed by atoms with Crippen LogP contribution in [0.4, 0.5) is 8.78 Å². The van der Waals surface area contributed by atoms with Crippen molar-refractivity contribution in [3.63, 3.8) is 0 Å². The van der Waals surface area contributed by atoms with Gasteiger partial charge in [0.05, 0.1) is 25.5 Å². The molecule has 1 saturated carbocycles. The summed E-state index contributed by atoms with van der Waals surface area (Å²) in [6.07, 6.45) is 0.328. The standard InChI is InChI=1S/C30H30F2N4O4/c31-30(32)16-24(17-30)35-28(38)25(26-27(37)29(39)34-19-33-26)15-22-7-3-20(4-8-22)1-2-21-5-9-23(10-6-21)18-36-11-13-40-14-12-36/h3-10,19,24-25,37H,11-18H2,(H,35,38)(H,33,34,39). The maximum absolute atomic E-state index is 13.3. The Morgan fingerprint density at radius 1 is 1.07 bits per heavy atom. The fraction of sp³-hybridized carbons (Fsp3) is 0.367. The van der Waals surface area contributed by atoms with Crippen LogP contribution in [-0.2, 0) is 22.5 Å². The molecule has 2 heterocycles. The third kappa shape index (κ3) is 6.92. The number of rotatable bonds is 7. The van der Waals surface area contributed by atoms with Crippen molar-refractivity contribution >= 4 is 5.91 Å². The van der Waals surface area contributed by atoms with Crippen LogP contribution in [0.5, 0.6) is 5.75 Å². The molecule has 1 atom stereocenters. The maximum Gasteiger partial charge on any atom is 0.293 e. The first-order valence-corrected chi connectivity index (χ1v) is 13.2. The van der Waals surface area contributed by atoms with Gasteiger partial charge in [-0.05, 0) is 41.8 Å². The van der Waals surface area contributed by atoms with Gasteiger partial charge in [0, 0.05) is 49.6 Å². The highest BCUT2D eigenvalue weighted by molar-refractivity contribution is 5.84. The number of aromatic amines is 1. The van der Waals surface area contributed by atoms with E-state index in [0.717, 1.165) is 55.9 Å². The van der Waals surface area contributed by atoms with E-state index in [1.165, 1.54) is 5.56 Å². The second-order valence-corrected chi connectivity index (χ2v) is 10.2. The first-order chi connectivity index (χ1) is 19.3. The molecular formula is C30H30F2N4O4. The van der Waals surface area contributed by atoms with E-state index < -0.39 is 47.9 Å². The van der Waals surface area contributed by atoms with E-state index in [-0.39, 0.29) is 12.1 Å². The third-order valence-corrected chi connectivity index (χ3v) is 7.15. The summed E-state index contributed by atoms with van der Waals surface area (Å²) >= 11 is 0. The predicted octanol–water partition coefficient (Wildman–Crippen LogP) is 2.95. The number of aromatic hydroxyl groups is 1. The van der Waals surface area contributed by atoms with Crippen LogP contribution in [0.15, 0.2) is 59.7 Å². The molecule has 2 aromatic carbocycles. The number of halogens is 2. The summed E-state index contributed by atoms with van der Waals surface area (Å²) in [5.74, 6) is 1.23. The molecule has 1 amide bonds. The van der Waals surface area contributed by atoms with E-state index in [4.69, 9.17) is 4.74 Å². The van der Waals surface area contributed by atoms with Crippen LogP contribution in [-0.4, -0.2) is 64.1 Å². The summed E-state index contributed by atoms with van der Waals surface area (Å²) in [7, 11) is 0. The van der Waals surface area contributed by atoms with Gasteiger partial charge in [0.15, 0.2) is 0 Å². The maximum atomic E-state index is 13.3. The van der Waals surface area contributed by atoms with Crippen LogP contribution in [0.3, 0.4) is 0 Å². The molecular weight excluding hydrogens is 518 g/mol. The van der Waals surface area contributed by atoms with Crippen molar-refractivity contribution in [3.8, 4) is 17.6 Å². The van der Waals surface area contributed by atoms with Gasteiger partial charge in [-0.3, -0.25) is 14.5 Å². The number of H-pyrrole nitrogens is 1. The van der Waals surface area contributed by atoms with Crippen LogP contribution in [0, 0.1) is 11.8 Å². The molecule has 2 fully saturated rings. The average molecular weight is 549 g/mol. The van der Waals surface area contributed by atoms with Crippen molar-refractivity contribution in [1.82, 2.24) is 20.2 Å². The summed E-state index contributed by atoms with van der Waals surface area (Å²) in [6, 6.07) is 14.7. The highest BCUT2D eigenvalue weighted by Gasteiger charge is 2.46. The van der Waals surface area contributed by atoms with Crippen molar-refractivity contribution in [1.29, 1.82) is 0 Å². The predicted molar refractivity (Wildman–Crippen MR) is 144 cm³/mol. The van der Waals surface area contributed by atoms with Gasteiger partial charge in [0.1, 0.15) is 5.69 Å². The van der Waals surface area contributed by atoms with Crippen molar-refractivity contribution in [3.05, 3.63) is 93.2 Å². The second-order valence-electron chi connectivity index (χ2n) is 10.2. The molecule has 40 heavy (non-hydrogen) atoms. The number of benzene rings is 2. The van der Waals surface area contributed by atoms with Crippen molar-refractivity contribution in [2.45, 2.75) is 43.7 Å². The van der Waals surface area contributed by atoms with Crippen LogP contribution in [0.25, 0.3) is 0 Å². The topological polar surface area (TPSA) is 108 Å². The van der Waals surface area contributed by atoms with Gasteiger partial charge in [-0.25, -0.2) is 13.8 Å². The minimum absolute atomic E-state index is 0.103. The summed E-state index contributed by atoms with van der Waals surface area (Å²) in [4.78, 5) is 33.6. The van der Waals surface area contributed by atoms with E-state index in [1.54, 1.807) is 12.1 Å². The molecule has 8 nitrogen and oxygen atoms in total. The van der Waals surface area contributed by atoms with Crippen molar-refractivity contribution in [2.75, 3.05) is 26.3 Å². The zero-order valence-electron chi connectivity index (χ0n) is 21.8. The summed E-state index contributed by atoms with van der Waals surface area (Å²) in [6.45, 7) is 4.29. The van der Waals surface area contributed by atoms with Gasteiger partial charge in [0.25, 0.3) is 11.5 Å². The van der Waals surface area contributed by atoms with Crippen LogP contribution in [0.2, 0.25) is 0 Å². The Labute approximate surface area is 230 Å². The van der Waals surface area contributed by atoms with Gasteiger partial charge in [-0.15, -0.1) is 0 Å². The summed E-state index contributed by atoms with van der Waals surface area (Å²) in [5, 5.41) is 12.9. The van der Waals surface area contributed by atoms with Crippen molar-refractivity contribution < 1.29 is 23.4 Å². The number of alkyl halides is 2. The van der Waals surface area contributed by atoms with E-state index in [1.807, 2.05) is 24.3 Å². The van der Waals surface area contributed by atoms with E-state index >= 15 is 0 Å². The first kappa shape index (κ1) is 27.5. The van der Waals surface area contributed by atoms with Gasteiger partial charge < -0.3 is 20.1 Å². The van der Waals surface area contributed by atoms with Gasteiger partial charge in [-0.1, -0.05) is 36.1 Å². The number of hydrogen-bond acceptors (Lipinski definition) is 6. The van der Waals surface area contributed by atoms with Gasteiger partial charge in [-0.2, -0.15) is 0 Å². The average Bonchev–Trinajstić information content (AvgIpc) is 2.93. The molecule has 3 N–H and O–H groups in total. The number of ether oxygens (including phenoxy) is 1. The molecule has 1 aliphatic heterocycles. The number of nitrogens with one attached hydrogen (secondary N) is 2. The normalized spacial score (nSPS) is 17.8. The van der Waals surface area contributed by atoms with Gasteiger partial charge >= 0.3 is 0 Å². The Morgan fingerprint density at radius 3 is 2.27 bits per heavy atom. The molecule has 2 aliphatic rings. The molecule has 1 saturated heterocycles. The number of carbonyl (C=O) groups is 1. The Hall–Kier alpha value is -4.07. The lowest BCUT2D eigenvalue weighted by Gasteiger charge is -2.36. The van der Waals surface area contributed by atoms with Crippen LogP contribution >= 0.6 is 0 Å². The van der Waals surface area contributed by atoms with Crippen LogP contribution in [0.1, 0.15) is 46.7 Å². The highest BCUT2D eigenvalue weighted by Crippen LogP contribution is 2.38. The van der Waals surface area contributed by atoms with Crippen molar-refractivity contribution in [2.24, 2.45) is 0 Å². The Kier molecular flexibility index (Phi) is 8.24. The number of nitrogens with zero attached hydrogens (tertiary/aromatic N) is 2. The highest BCUT2D eigenvalue weighted by atomic mass is 19.3. The number of morpholine rings is 1. The largest absolute Gasteiger partial charge is 0.502 e. The Morgan fingerprint density at radius 2 is 1.68 bits per heavy atom. The third-order valence-electron chi connectivity index (χ3n) is 7.15. The van der Waals surface area contributed by atoms with E-state index in [2.05, 4.69) is 44.2 Å². The zero-order valence-corrected chi connectivity index (χ0v) is 21.8. The quantitative estimate of drug-likeness (QED) is 0.392. The lowest BCUT2D eigenvalue weighted by atomic mass is 9.87. The Balaban J connectivity index is 1.25.